The largest absolute Gasteiger partial charge is 0.380 e. The Labute approximate surface area is 166 Å². The fraction of sp³-hybridized carbons (Fsp3) is 0.227. The number of rotatable bonds is 9. The number of nitrogens with one attached hydrogen (secondary N) is 2. The normalized spacial score (nSPS) is 11.2. The molecule has 0 atom stereocenters. The summed E-state index contributed by atoms with van der Waals surface area (Å²) in [6.45, 7) is 2.77. The lowest BCUT2D eigenvalue weighted by Gasteiger charge is -2.10. The third-order valence-corrected chi connectivity index (χ3v) is 5.84. The average molecular weight is 396 g/mol. The molecule has 0 unspecified atom stereocenters. The molecule has 3 aromatic rings. The van der Waals surface area contributed by atoms with Crippen molar-refractivity contribution in [3.63, 3.8) is 0 Å². The first kappa shape index (κ1) is 19.9. The lowest BCUT2D eigenvalue weighted by atomic mass is 10.1. The SMILES string of the molecule is Cc1ccccc1CNc1ccc(NS(=O)(=O)CCCc2ccccc2)nc1. The minimum Gasteiger partial charge on any atom is -0.380 e. The van der Waals surface area contributed by atoms with Gasteiger partial charge >= 0.3 is 0 Å². The van der Waals surface area contributed by atoms with Crippen LogP contribution in [0.5, 0.6) is 0 Å². The Morgan fingerprint density at radius 2 is 1.68 bits per heavy atom. The summed E-state index contributed by atoms with van der Waals surface area (Å²) in [6.07, 6.45) is 2.94. The molecule has 1 heterocycles. The molecule has 5 nitrogen and oxygen atoms in total. The second kappa shape index (κ2) is 9.37. The van der Waals surface area contributed by atoms with Gasteiger partial charge in [0, 0.05) is 6.54 Å². The van der Waals surface area contributed by atoms with Crippen LogP contribution >= 0.6 is 0 Å². The van der Waals surface area contributed by atoms with E-state index in [-0.39, 0.29) is 5.75 Å². The number of hydrogen-bond donors (Lipinski definition) is 2. The standard InChI is InChI=1S/C22H25N3O2S/c1-18-8-5-6-12-20(18)16-23-21-13-14-22(24-17-21)25-28(26,27)15-7-11-19-9-3-2-4-10-19/h2-6,8-10,12-14,17,23H,7,11,15-16H2,1H3,(H,24,25). The third-order valence-electron chi connectivity index (χ3n) is 4.49. The lowest BCUT2D eigenvalue weighted by molar-refractivity contribution is 0.598. The van der Waals surface area contributed by atoms with Crippen molar-refractivity contribution < 1.29 is 8.42 Å². The fourth-order valence-corrected chi connectivity index (χ4v) is 3.95. The molecule has 0 saturated carbocycles. The van der Waals surface area contributed by atoms with Crippen molar-refractivity contribution in [2.75, 3.05) is 15.8 Å². The molecule has 0 saturated heterocycles. The summed E-state index contributed by atoms with van der Waals surface area (Å²) < 4.78 is 27.1. The number of nitrogens with zero attached hydrogens (tertiary/aromatic N) is 1. The predicted octanol–water partition coefficient (Wildman–Crippen LogP) is 4.38. The van der Waals surface area contributed by atoms with Gasteiger partial charge in [0.1, 0.15) is 5.82 Å². The van der Waals surface area contributed by atoms with Gasteiger partial charge in [0.05, 0.1) is 17.6 Å². The van der Waals surface area contributed by atoms with E-state index in [1.807, 2.05) is 48.5 Å². The molecule has 2 aromatic carbocycles. The minimum absolute atomic E-state index is 0.0663. The van der Waals surface area contributed by atoms with Crippen LogP contribution in [-0.2, 0) is 23.0 Å². The quantitative estimate of drug-likeness (QED) is 0.564. The maximum absolute atomic E-state index is 12.3. The zero-order chi connectivity index (χ0) is 19.8. The number of anilines is 2. The Morgan fingerprint density at radius 1 is 0.929 bits per heavy atom. The van der Waals surface area contributed by atoms with E-state index in [2.05, 4.69) is 34.1 Å². The highest BCUT2D eigenvalue weighted by Crippen LogP contribution is 2.14. The lowest BCUT2D eigenvalue weighted by Crippen LogP contribution is -2.18. The average Bonchev–Trinajstić information content (AvgIpc) is 2.69. The van der Waals surface area contributed by atoms with Crippen LogP contribution in [-0.4, -0.2) is 19.2 Å². The summed E-state index contributed by atoms with van der Waals surface area (Å²) in [5.74, 6) is 0.401. The third kappa shape index (κ3) is 6.09. The van der Waals surface area contributed by atoms with Gasteiger partial charge in [-0.05, 0) is 48.6 Å². The van der Waals surface area contributed by atoms with Crippen molar-refractivity contribution >= 4 is 21.5 Å². The topological polar surface area (TPSA) is 71.1 Å². The van der Waals surface area contributed by atoms with Crippen molar-refractivity contribution in [3.05, 3.63) is 89.6 Å². The van der Waals surface area contributed by atoms with E-state index in [0.717, 1.165) is 17.7 Å². The van der Waals surface area contributed by atoms with Gasteiger partial charge in [0.2, 0.25) is 10.0 Å². The molecule has 0 amide bonds. The van der Waals surface area contributed by atoms with E-state index in [4.69, 9.17) is 0 Å². The van der Waals surface area contributed by atoms with Crippen LogP contribution in [0.4, 0.5) is 11.5 Å². The van der Waals surface area contributed by atoms with Gasteiger partial charge in [-0.15, -0.1) is 0 Å². The van der Waals surface area contributed by atoms with Crippen molar-refractivity contribution in [2.24, 2.45) is 0 Å². The molecule has 2 N–H and O–H groups in total. The predicted molar refractivity (Wildman–Crippen MR) is 115 cm³/mol. The van der Waals surface area contributed by atoms with Crippen LogP contribution in [0.2, 0.25) is 0 Å². The summed E-state index contributed by atoms with van der Waals surface area (Å²) >= 11 is 0. The van der Waals surface area contributed by atoms with Crippen LogP contribution < -0.4 is 10.0 Å². The molecule has 0 aliphatic heterocycles. The molecular weight excluding hydrogens is 370 g/mol. The molecule has 0 spiro atoms. The number of sulfonamides is 1. The molecule has 28 heavy (non-hydrogen) atoms. The van der Waals surface area contributed by atoms with Gasteiger partial charge in [0.25, 0.3) is 0 Å². The summed E-state index contributed by atoms with van der Waals surface area (Å²) in [5, 5.41) is 3.30. The van der Waals surface area contributed by atoms with E-state index in [1.54, 1.807) is 12.3 Å². The molecule has 6 heteroatoms. The number of pyridine rings is 1. The molecule has 146 valence electrons. The zero-order valence-corrected chi connectivity index (χ0v) is 16.7. The molecule has 0 fully saturated rings. The number of benzene rings is 2. The van der Waals surface area contributed by atoms with Crippen LogP contribution in [0.15, 0.2) is 72.9 Å². The number of hydrogen-bond acceptors (Lipinski definition) is 4. The summed E-state index contributed by atoms with van der Waals surface area (Å²) in [6, 6.07) is 21.6. The van der Waals surface area contributed by atoms with Crippen molar-refractivity contribution in [2.45, 2.75) is 26.3 Å². The highest BCUT2D eigenvalue weighted by molar-refractivity contribution is 7.92. The van der Waals surface area contributed by atoms with E-state index in [9.17, 15) is 8.42 Å². The summed E-state index contributed by atoms with van der Waals surface area (Å²) in [7, 11) is -3.41. The van der Waals surface area contributed by atoms with Gasteiger partial charge in [-0.1, -0.05) is 54.6 Å². The van der Waals surface area contributed by atoms with E-state index in [1.165, 1.54) is 11.1 Å². The molecule has 1 aromatic heterocycles. The first-order chi connectivity index (χ1) is 13.5. The van der Waals surface area contributed by atoms with E-state index >= 15 is 0 Å². The second-order valence-electron chi connectivity index (χ2n) is 6.72. The maximum Gasteiger partial charge on any atom is 0.233 e. The van der Waals surface area contributed by atoms with Gasteiger partial charge < -0.3 is 5.32 Å². The Balaban J connectivity index is 1.49. The van der Waals surface area contributed by atoms with Crippen LogP contribution in [0.25, 0.3) is 0 Å². The van der Waals surface area contributed by atoms with Crippen molar-refractivity contribution in [3.8, 4) is 0 Å². The smallest absolute Gasteiger partial charge is 0.233 e. The molecule has 0 aliphatic carbocycles. The fourth-order valence-electron chi connectivity index (χ4n) is 2.89. The maximum atomic E-state index is 12.3. The molecular formula is C22H25N3O2S. The van der Waals surface area contributed by atoms with Gasteiger partial charge in [0.15, 0.2) is 0 Å². The summed E-state index contributed by atoms with van der Waals surface area (Å²) in [4.78, 5) is 4.21. The Hall–Kier alpha value is -2.86. The molecule has 3 rings (SSSR count). The zero-order valence-electron chi connectivity index (χ0n) is 15.9. The van der Waals surface area contributed by atoms with Crippen molar-refractivity contribution in [1.29, 1.82) is 0 Å². The first-order valence-corrected chi connectivity index (χ1v) is 11.0. The number of aromatic nitrogens is 1. The number of aryl methyl sites for hydroxylation is 2. The molecule has 0 aliphatic rings. The monoisotopic (exact) mass is 395 g/mol. The van der Waals surface area contributed by atoms with Crippen LogP contribution in [0, 0.1) is 6.92 Å². The van der Waals surface area contributed by atoms with Crippen LogP contribution in [0.3, 0.4) is 0 Å². The highest BCUT2D eigenvalue weighted by Gasteiger charge is 2.11. The first-order valence-electron chi connectivity index (χ1n) is 9.31. The van der Waals surface area contributed by atoms with E-state index in [0.29, 0.717) is 18.8 Å². The second-order valence-corrected chi connectivity index (χ2v) is 8.56. The Bertz CT molecular complexity index is 988. The molecule has 0 bridgehead atoms. The highest BCUT2D eigenvalue weighted by atomic mass is 32.2. The van der Waals surface area contributed by atoms with Gasteiger partial charge in [-0.2, -0.15) is 0 Å². The summed E-state index contributed by atoms with van der Waals surface area (Å²) in [5.41, 5.74) is 4.42. The Kier molecular flexibility index (Phi) is 6.66. The van der Waals surface area contributed by atoms with Crippen molar-refractivity contribution in [1.82, 2.24) is 4.98 Å². The van der Waals surface area contributed by atoms with E-state index < -0.39 is 10.0 Å². The molecule has 0 radical (unpaired) electrons. The minimum atomic E-state index is -3.41. The van der Waals surface area contributed by atoms with Gasteiger partial charge in [-0.3, -0.25) is 4.72 Å². The van der Waals surface area contributed by atoms with Crippen LogP contribution in [0.1, 0.15) is 23.1 Å². The Morgan fingerprint density at radius 3 is 2.39 bits per heavy atom. The van der Waals surface area contributed by atoms with Gasteiger partial charge in [-0.25, -0.2) is 13.4 Å².